The summed E-state index contributed by atoms with van der Waals surface area (Å²) < 4.78 is 5.85. The first kappa shape index (κ1) is 23.0. The van der Waals surface area contributed by atoms with Crippen molar-refractivity contribution in [3.8, 4) is 27.6 Å². The second-order valence-electron chi connectivity index (χ2n) is 8.35. The number of benzene rings is 3. The first-order valence-corrected chi connectivity index (χ1v) is 11.9. The molecular formula is C27H25ClN2O2S. The van der Waals surface area contributed by atoms with E-state index in [2.05, 4.69) is 41.9 Å². The monoisotopic (exact) mass is 476 g/mol. The van der Waals surface area contributed by atoms with Crippen LogP contribution in [0.4, 0.5) is 0 Å². The smallest absolute Gasteiger partial charge is 0.263 e. The van der Waals surface area contributed by atoms with E-state index in [-0.39, 0.29) is 5.91 Å². The van der Waals surface area contributed by atoms with Gasteiger partial charge in [-0.05, 0) is 50.6 Å². The zero-order valence-corrected chi connectivity index (χ0v) is 20.3. The molecule has 3 aromatic carbocycles. The van der Waals surface area contributed by atoms with Gasteiger partial charge in [0.15, 0.2) is 5.60 Å². The minimum Gasteiger partial charge on any atom is -0.478 e. The van der Waals surface area contributed by atoms with Gasteiger partial charge in [-0.1, -0.05) is 65.7 Å². The highest BCUT2D eigenvalue weighted by atomic mass is 35.5. The summed E-state index contributed by atoms with van der Waals surface area (Å²) in [5, 5.41) is 6.63. The molecule has 168 valence electrons. The van der Waals surface area contributed by atoms with Crippen molar-refractivity contribution in [3.05, 3.63) is 94.3 Å². The Kier molecular flexibility index (Phi) is 6.82. The molecular weight excluding hydrogens is 452 g/mol. The fraction of sp³-hybridized carbons (Fsp3) is 0.185. The maximum atomic E-state index is 12.7. The molecule has 0 aliphatic heterocycles. The number of carbonyl (C=O) groups excluding carboxylic acids is 1. The van der Waals surface area contributed by atoms with Crippen LogP contribution in [0.15, 0.2) is 78.2 Å². The third-order valence-electron chi connectivity index (χ3n) is 5.24. The summed E-state index contributed by atoms with van der Waals surface area (Å²) in [6.45, 7) is 5.98. The summed E-state index contributed by atoms with van der Waals surface area (Å²) in [6.07, 6.45) is 0. The van der Waals surface area contributed by atoms with Crippen LogP contribution in [0.5, 0.6) is 5.75 Å². The van der Waals surface area contributed by atoms with Gasteiger partial charge in [-0.15, -0.1) is 11.3 Å². The number of halogens is 1. The van der Waals surface area contributed by atoms with Gasteiger partial charge in [0, 0.05) is 28.1 Å². The van der Waals surface area contributed by atoms with Crippen molar-refractivity contribution >= 4 is 28.8 Å². The topological polar surface area (TPSA) is 51.2 Å². The Balaban J connectivity index is 1.36. The van der Waals surface area contributed by atoms with Crippen molar-refractivity contribution in [2.45, 2.75) is 32.9 Å². The lowest BCUT2D eigenvalue weighted by molar-refractivity contribution is -0.134. The second-order valence-corrected chi connectivity index (χ2v) is 9.64. The summed E-state index contributed by atoms with van der Waals surface area (Å²) in [7, 11) is 0. The molecule has 0 unspecified atom stereocenters. The lowest BCUT2D eigenvalue weighted by atomic mass is 10.1. The number of hydrogen-bond acceptors (Lipinski definition) is 4. The predicted octanol–water partition coefficient (Wildman–Crippen LogP) is 6.91. The van der Waals surface area contributed by atoms with Crippen LogP contribution in [0.25, 0.3) is 21.8 Å². The molecule has 33 heavy (non-hydrogen) atoms. The molecule has 0 spiro atoms. The van der Waals surface area contributed by atoms with Gasteiger partial charge in [0.25, 0.3) is 5.91 Å². The van der Waals surface area contributed by atoms with Gasteiger partial charge in [-0.25, -0.2) is 4.98 Å². The maximum absolute atomic E-state index is 12.7. The number of nitrogens with zero attached hydrogens (tertiary/aromatic N) is 1. The highest BCUT2D eigenvalue weighted by Gasteiger charge is 2.29. The molecule has 0 saturated carbocycles. The Morgan fingerprint density at radius 1 is 0.970 bits per heavy atom. The summed E-state index contributed by atoms with van der Waals surface area (Å²) in [4.78, 5) is 17.5. The number of nitrogens with one attached hydrogen (secondary N) is 1. The fourth-order valence-corrected chi connectivity index (χ4v) is 4.23. The van der Waals surface area contributed by atoms with Crippen LogP contribution in [-0.2, 0) is 11.3 Å². The van der Waals surface area contributed by atoms with Crippen molar-refractivity contribution < 1.29 is 9.53 Å². The minimum atomic E-state index is -1.01. The average molecular weight is 477 g/mol. The zero-order chi connectivity index (χ0) is 23.4. The number of thiazole rings is 1. The Morgan fingerprint density at radius 3 is 2.27 bits per heavy atom. The van der Waals surface area contributed by atoms with Gasteiger partial charge in [0.05, 0.1) is 5.69 Å². The van der Waals surface area contributed by atoms with Crippen LogP contribution in [0.3, 0.4) is 0 Å². The summed E-state index contributed by atoms with van der Waals surface area (Å²) in [5.41, 5.74) is 4.38. The van der Waals surface area contributed by atoms with Crippen molar-refractivity contribution in [3.63, 3.8) is 0 Å². The molecule has 0 aliphatic carbocycles. The fourth-order valence-electron chi connectivity index (χ4n) is 3.27. The van der Waals surface area contributed by atoms with E-state index in [4.69, 9.17) is 21.3 Å². The number of aromatic nitrogens is 1. The zero-order valence-electron chi connectivity index (χ0n) is 18.8. The molecule has 1 N–H and O–H groups in total. The van der Waals surface area contributed by atoms with Gasteiger partial charge in [0.2, 0.25) is 0 Å². The molecule has 4 nitrogen and oxygen atoms in total. The maximum Gasteiger partial charge on any atom is 0.263 e. The van der Waals surface area contributed by atoms with Crippen molar-refractivity contribution in [2.75, 3.05) is 0 Å². The molecule has 6 heteroatoms. The average Bonchev–Trinajstić information content (AvgIpc) is 3.30. The molecule has 4 aromatic rings. The number of hydrogen-bond donors (Lipinski definition) is 1. The highest BCUT2D eigenvalue weighted by molar-refractivity contribution is 7.13. The van der Waals surface area contributed by atoms with Crippen LogP contribution in [0.2, 0.25) is 5.02 Å². The second kappa shape index (κ2) is 9.77. The molecule has 0 bridgehead atoms. The SMILES string of the molecule is Cc1ccc(-c2csc(-c3ccc(CNC(=O)C(C)(C)Oc4ccc(Cl)cc4)cc3)n2)cc1. The van der Waals surface area contributed by atoms with Crippen LogP contribution in [0, 0.1) is 6.92 Å². The van der Waals surface area contributed by atoms with Crippen LogP contribution < -0.4 is 10.1 Å². The van der Waals surface area contributed by atoms with Gasteiger partial charge in [-0.3, -0.25) is 4.79 Å². The van der Waals surface area contributed by atoms with Crippen LogP contribution >= 0.6 is 22.9 Å². The lowest BCUT2D eigenvalue weighted by Gasteiger charge is -2.25. The first-order chi connectivity index (χ1) is 15.8. The number of amides is 1. The summed E-state index contributed by atoms with van der Waals surface area (Å²) >= 11 is 7.53. The van der Waals surface area contributed by atoms with E-state index in [9.17, 15) is 4.79 Å². The summed E-state index contributed by atoms with van der Waals surface area (Å²) in [6, 6.07) is 23.4. The van der Waals surface area contributed by atoms with E-state index >= 15 is 0 Å². The molecule has 0 aliphatic rings. The molecule has 0 saturated heterocycles. The molecule has 1 heterocycles. The van der Waals surface area contributed by atoms with E-state index < -0.39 is 5.60 Å². The van der Waals surface area contributed by atoms with Crippen molar-refractivity contribution in [1.29, 1.82) is 0 Å². The van der Waals surface area contributed by atoms with Crippen molar-refractivity contribution in [2.24, 2.45) is 0 Å². The molecule has 4 rings (SSSR count). The standard InChI is InChI=1S/C27H25ClN2O2S/c1-18-4-8-20(9-5-18)24-17-33-25(30-24)21-10-6-19(7-11-21)16-29-26(31)27(2,3)32-23-14-12-22(28)13-15-23/h4-15,17H,16H2,1-3H3,(H,29,31). The Morgan fingerprint density at radius 2 is 1.61 bits per heavy atom. The van der Waals surface area contributed by atoms with E-state index in [1.54, 1.807) is 49.4 Å². The molecule has 0 atom stereocenters. The highest BCUT2D eigenvalue weighted by Crippen LogP contribution is 2.29. The molecule has 0 radical (unpaired) electrons. The van der Waals surface area contributed by atoms with E-state index in [1.165, 1.54) is 5.56 Å². The van der Waals surface area contributed by atoms with Gasteiger partial charge >= 0.3 is 0 Å². The Labute approximate surface area is 203 Å². The number of aryl methyl sites for hydroxylation is 1. The van der Waals surface area contributed by atoms with Gasteiger partial charge in [0.1, 0.15) is 10.8 Å². The van der Waals surface area contributed by atoms with Crippen LogP contribution in [-0.4, -0.2) is 16.5 Å². The Hall–Kier alpha value is -3.15. The normalized spacial score (nSPS) is 11.3. The molecule has 1 amide bonds. The number of rotatable bonds is 7. The van der Waals surface area contributed by atoms with Crippen LogP contribution in [0.1, 0.15) is 25.0 Å². The lowest BCUT2D eigenvalue weighted by Crippen LogP contribution is -2.46. The minimum absolute atomic E-state index is 0.191. The molecule has 0 fully saturated rings. The first-order valence-electron chi connectivity index (χ1n) is 10.6. The predicted molar refractivity (Wildman–Crippen MR) is 136 cm³/mol. The third-order valence-corrected chi connectivity index (χ3v) is 6.38. The van der Waals surface area contributed by atoms with Crippen molar-refractivity contribution in [1.82, 2.24) is 10.3 Å². The Bertz CT molecular complexity index is 1230. The van der Waals surface area contributed by atoms with Gasteiger partial charge in [-0.2, -0.15) is 0 Å². The number of ether oxygens (including phenoxy) is 1. The quantitative estimate of drug-likeness (QED) is 0.315. The van der Waals surface area contributed by atoms with E-state index in [0.29, 0.717) is 17.3 Å². The third kappa shape index (κ3) is 5.81. The largest absolute Gasteiger partial charge is 0.478 e. The van der Waals surface area contributed by atoms with E-state index in [0.717, 1.165) is 27.4 Å². The van der Waals surface area contributed by atoms with E-state index in [1.807, 2.05) is 24.3 Å². The van der Waals surface area contributed by atoms with Gasteiger partial charge < -0.3 is 10.1 Å². The number of carbonyl (C=O) groups is 1. The molecule has 1 aromatic heterocycles. The summed E-state index contributed by atoms with van der Waals surface area (Å²) in [5.74, 6) is 0.404.